The van der Waals surface area contributed by atoms with Crippen LogP contribution in [0.15, 0.2) is 18.2 Å². The van der Waals surface area contributed by atoms with Gasteiger partial charge in [-0.3, -0.25) is 10.3 Å². The number of hydrogen-bond acceptors (Lipinski definition) is 7. The first-order valence-corrected chi connectivity index (χ1v) is 10.3. The molecule has 0 amide bonds. The summed E-state index contributed by atoms with van der Waals surface area (Å²) in [7, 11) is 0. The number of nitrogens with zero attached hydrogens (tertiary/aromatic N) is 1. The van der Waals surface area contributed by atoms with Crippen LogP contribution in [0.25, 0.3) is 0 Å². The third-order valence-electron chi connectivity index (χ3n) is 6.03. The molecule has 0 bridgehead atoms. The van der Waals surface area contributed by atoms with E-state index in [2.05, 4.69) is 33.2 Å². The number of hydrazine groups is 1. The first kappa shape index (κ1) is 17.7. The maximum absolute atomic E-state index is 5.96. The molecular weight excluding hydrogens is 344 g/mol. The average molecular weight is 374 g/mol. The van der Waals surface area contributed by atoms with Crippen LogP contribution >= 0.6 is 0 Å². The van der Waals surface area contributed by atoms with Gasteiger partial charge in [-0.25, -0.2) is 5.43 Å². The SMILES string of the molecule is c1cc2c(cc1C1NNCC1CNCC1CN(C3CC3)CCO1)OCCO2. The van der Waals surface area contributed by atoms with E-state index in [0.29, 0.717) is 25.2 Å². The number of morpholine rings is 1. The van der Waals surface area contributed by atoms with Crippen molar-refractivity contribution in [3.8, 4) is 11.5 Å². The smallest absolute Gasteiger partial charge is 0.161 e. The van der Waals surface area contributed by atoms with Gasteiger partial charge in [-0.15, -0.1) is 0 Å². The second-order valence-corrected chi connectivity index (χ2v) is 8.04. The van der Waals surface area contributed by atoms with E-state index in [1.165, 1.54) is 18.4 Å². The highest BCUT2D eigenvalue weighted by Gasteiger charge is 2.33. The van der Waals surface area contributed by atoms with Crippen molar-refractivity contribution in [2.45, 2.75) is 31.0 Å². The summed E-state index contributed by atoms with van der Waals surface area (Å²) in [6.07, 6.45) is 3.06. The largest absolute Gasteiger partial charge is 0.486 e. The van der Waals surface area contributed by atoms with Crippen molar-refractivity contribution in [3.63, 3.8) is 0 Å². The van der Waals surface area contributed by atoms with E-state index < -0.39 is 0 Å². The molecule has 0 radical (unpaired) electrons. The minimum absolute atomic E-state index is 0.267. The Morgan fingerprint density at radius 1 is 1.07 bits per heavy atom. The van der Waals surface area contributed by atoms with Crippen LogP contribution in [0.3, 0.4) is 0 Å². The molecule has 3 unspecified atom stereocenters. The minimum atomic E-state index is 0.267. The maximum Gasteiger partial charge on any atom is 0.161 e. The lowest BCUT2D eigenvalue weighted by atomic mass is 9.94. The van der Waals surface area contributed by atoms with Gasteiger partial charge in [0.25, 0.3) is 0 Å². The monoisotopic (exact) mass is 374 g/mol. The van der Waals surface area contributed by atoms with Crippen LogP contribution in [0.2, 0.25) is 0 Å². The number of ether oxygens (including phenoxy) is 3. The Kier molecular flexibility index (Phi) is 5.20. The van der Waals surface area contributed by atoms with Crippen LogP contribution < -0.4 is 25.6 Å². The van der Waals surface area contributed by atoms with E-state index in [1.807, 2.05) is 6.07 Å². The number of benzene rings is 1. The Labute approximate surface area is 160 Å². The Balaban J connectivity index is 1.14. The van der Waals surface area contributed by atoms with E-state index in [0.717, 1.165) is 56.9 Å². The van der Waals surface area contributed by atoms with Gasteiger partial charge in [-0.1, -0.05) is 6.07 Å². The molecule has 7 heteroatoms. The lowest BCUT2D eigenvalue weighted by Crippen LogP contribution is -2.48. The standard InChI is InChI=1S/C20H30N4O3/c1-4-18-19(27-8-7-26-18)9-14(1)20-15(11-22-23-20)10-21-12-17-13-24(5-6-25-17)16-2-3-16/h1,4,9,15-17,20-23H,2-3,5-8,10-13H2. The van der Waals surface area contributed by atoms with Gasteiger partial charge in [0.2, 0.25) is 0 Å². The fraction of sp³-hybridized carbons (Fsp3) is 0.700. The van der Waals surface area contributed by atoms with Crippen LogP contribution in [0.5, 0.6) is 11.5 Å². The quantitative estimate of drug-likeness (QED) is 0.676. The van der Waals surface area contributed by atoms with Crippen LogP contribution in [-0.2, 0) is 4.74 Å². The van der Waals surface area contributed by atoms with Gasteiger partial charge < -0.3 is 19.5 Å². The molecule has 3 fully saturated rings. The highest BCUT2D eigenvalue weighted by molar-refractivity contribution is 5.45. The van der Waals surface area contributed by atoms with Gasteiger partial charge >= 0.3 is 0 Å². The number of fused-ring (bicyclic) bond motifs is 1. The maximum atomic E-state index is 5.96. The van der Waals surface area contributed by atoms with Crippen molar-refractivity contribution >= 4 is 0 Å². The van der Waals surface area contributed by atoms with E-state index >= 15 is 0 Å². The molecule has 1 aromatic rings. The van der Waals surface area contributed by atoms with Gasteiger partial charge in [0.05, 0.1) is 18.8 Å². The van der Waals surface area contributed by atoms with Crippen LogP contribution in [0, 0.1) is 5.92 Å². The summed E-state index contributed by atoms with van der Waals surface area (Å²) in [6.45, 7) is 7.13. The molecule has 3 atom stereocenters. The summed E-state index contributed by atoms with van der Waals surface area (Å²) >= 11 is 0. The molecular formula is C20H30N4O3. The molecule has 3 aliphatic heterocycles. The molecule has 0 spiro atoms. The van der Waals surface area contributed by atoms with Crippen molar-refractivity contribution in [2.24, 2.45) is 5.92 Å². The average Bonchev–Trinajstić information content (AvgIpc) is 3.47. The predicted molar refractivity (Wildman–Crippen MR) is 102 cm³/mol. The van der Waals surface area contributed by atoms with Gasteiger partial charge in [0.1, 0.15) is 13.2 Å². The van der Waals surface area contributed by atoms with E-state index in [1.54, 1.807) is 0 Å². The Hall–Kier alpha value is -1.38. The Morgan fingerprint density at radius 2 is 1.96 bits per heavy atom. The third-order valence-corrected chi connectivity index (χ3v) is 6.03. The fourth-order valence-electron chi connectivity index (χ4n) is 4.40. The summed E-state index contributed by atoms with van der Waals surface area (Å²) in [6, 6.07) is 7.38. The summed E-state index contributed by atoms with van der Waals surface area (Å²) in [5.74, 6) is 2.19. The first-order valence-electron chi connectivity index (χ1n) is 10.3. The molecule has 3 heterocycles. The minimum Gasteiger partial charge on any atom is -0.486 e. The second kappa shape index (κ2) is 7.93. The topological polar surface area (TPSA) is 67.0 Å². The van der Waals surface area contributed by atoms with Crippen LogP contribution in [0.1, 0.15) is 24.4 Å². The molecule has 1 aliphatic carbocycles. The number of hydrogen-bond donors (Lipinski definition) is 3. The predicted octanol–water partition coefficient (Wildman–Crippen LogP) is 0.676. The molecule has 4 aliphatic rings. The molecule has 3 N–H and O–H groups in total. The van der Waals surface area contributed by atoms with Crippen molar-refractivity contribution in [1.82, 2.24) is 21.1 Å². The number of nitrogens with one attached hydrogen (secondary N) is 3. The van der Waals surface area contributed by atoms with Gasteiger partial charge in [-0.2, -0.15) is 0 Å². The van der Waals surface area contributed by atoms with Crippen molar-refractivity contribution in [3.05, 3.63) is 23.8 Å². The lowest BCUT2D eigenvalue weighted by molar-refractivity contribution is -0.0302. The zero-order valence-electron chi connectivity index (χ0n) is 15.8. The fourth-order valence-corrected chi connectivity index (χ4v) is 4.40. The first-order chi connectivity index (χ1) is 13.4. The molecule has 1 saturated carbocycles. The van der Waals surface area contributed by atoms with E-state index in [4.69, 9.17) is 14.2 Å². The van der Waals surface area contributed by atoms with Crippen molar-refractivity contribution in [1.29, 1.82) is 0 Å². The highest BCUT2D eigenvalue weighted by atomic mass is 16.6. The van der Waals surface area contributed by atoms with Gasteiger partial charge in [-0.05, 0) is 30.5 Å². The van der Waals surface area contributed by atoms with Crippen molar-refractivity contribution < 1.29 is 14.2 Å². The highest BCUT2D eigenvalue weighted by Crippen LogP contribution is 2.35. The second-order valence-electron chi connectivity index (χ2n) is 8.04. The zero-order valence-corrected chi connectivity index (χ0v) is 15.8. The van der Waals surface area contributed by atoms with E-state index in [-0.39, 0.29) is 6.04 Å². The van der Waals surface area contributed by atoms with E-state index in [9.17, 15) is 0 Å². The summed E-state index contributed by atoms with van der Waals surface area (Å²) in [4.78, 5) is 2.60. The van der Waals surface area contributed by atoms with Crippen LogP contribution in [0.4, 0.5) is 0 Å². The molecule has 148 valence electrons. The molecule has 27 heavy (non-hydrogen) atoms. The number of rotatable bonds is 6. The lowest BCUT2D eigenvalue weighted by Gasteiger charge is -2.33. The van der Waals surface area contributed by atoms with Crippen molar-refractivity contribution in [2.75, 3.05) is 52.5 Å². The van der Waals surface area contributed by atoms with Gasteiger partial charge in [0, 0.05) is 44.7 Å². The molecule has 1 aromatic carbocycles. The van der Waals surface area contributed by atoms with Crippen LogP contribution in [-0.4, -0.2) is 69.6 Å². The zero-order chi connectivity index (χ0) is 18.1. The molecule has 2 saturated heterocycles. The summed E-state index contributed by atoms with van der Waals surface area (Å²) < 4.78 is 17.3. The Morgan fingerprint density at radius 3 is 2.85 bits per heavy atom. The third kappa shape index (κ3) is 4.07. The summed E-state index contributed by atoms with van der Waals surface area (Å²) in [5.41, 5.74) is 7.98. The molecule has 7 nitrogen and oxygen atoms in total. The van der Waals surface area contributed by atoms with Gasteiger partial charge in [0.15, 0.2) is 11.5 Å². The molecule has 0 aromatic heterocycles. The molecule has 5 rings (SSSR count). The summed E-state index contributed by atoms with van der Waals surface area (Å²) in [5, 5.41) is 3.65. The normalized spacial score (nSPS) is 31.2. The Bertz CT molecular complexity index is 654.